The van der Waals surface area contributed by atoms with Crippen LogP contribution in [0.3, 0.4) is 0 Å². The van der Waals surface area contributed by atoms with Crippen molar-refractivity contribution in [1.29, 1.82) is 0 Å². The molecule has 4 heterocycles. The molecule has 2 bridgehead atoms. The van der Waals surface area contributed by atoms with Gasteiger partial charge >= 0.3 is 0 Å². The van der Waals surface area contributed by atoms with Gasteiger partial charge in [0.25, 0.3) is 0 Å². The second-order valence-corrected chi connectivity index (χ2v) is 11.4. The van der Waals surface area contributed by atoms with Gasteiger partial charge in [-0.05, 0) is 54.9 Å². The van der Waals surface area contributed by atoms with E-state index < -0.39 is 0 Å². The first kappa shape index (κ1) is 23.4. The number of hydrogen-bond donors (Lipinski definition) is 1. The first-order valence-electron chi connectivity index (χ1n) is 12.7. The first-order chi connectivity index (χ1) is 17.3. The minimum atomic E-state index is -0.233. The zero-order valence-corrected chi connectivity index (χ0v) is 21.6. The highest BCUT2D eigenvalue weighted by Gasteiger charge is 2.44. The quantitative estimate of drug-likeness (QED) is 0.506. The van der Waals surface area contributed by atoms with E-state index in [0.29, 0.717) is 22.9 Å². The van der Waals surface area contributed by atoms with Crippen molar-refractivity contribution in [2.24, 2.45) is 17.8 Å². The highest BCUT2D eigenvalue weighted by atomic mass is 35.5. The van der Waals surface area contributed by atoms with Crippen molar-refractivity contribution >= 4 is 34.6 Å². The first-order valence-corrected chi connectivity index (χ1v) is 13.1. The third-order valence-corrected chi connectivity index (χ3v) is 8.40. The van der Waals surface area contributed by atoms with Crippen molar-refractivity contribution in [2.45, 2.75) is 38.5 Å². The Labute approximate surface area is 216 Å². The number of benzene rings is 1. The summed E-state index contributed by atoms with van der Waals surface area (Å²) < 4.78 is 13.6. The third kappa shape index (κ3) is 4.05. The lowest BCUT2D eigenvalue weighted by atomic mass is 9.82. The number of anilines is 4. The van der Waals surface area contributed by atoms with Crippen LogP contribution in [-0.2, 0) is 11.8 Å². The van der Waals surface area contributed by atoms with E-state index in [-0.39, 0.29) is 11.2 Å². The van der Waals surface area contributed by atoms with E-state index in [4.69, 9.17) is 21.6 Å². The average molecular weight is 508 g/mol. The summed E-state index contributed by atoms with van der Waals surface area (Å²) in [5.41, 5.74) is 2.99. The standard InChI is InChI=1S/C27H31ClFN7/c1-27(2)15-36(19-8-6-18(29)7-9-19)26-24(27)25(30-3)32-23(33-26)11-21-16-4-5-17(21)14-35(13-16)20-10-22(28)34-31-12-20/h6-10,12,16-17,21H,4-5,11,13-15H2,1-3H3,(H,30,32,33). The molecule has 1 saturated heterocycles. The minimum absolute atomic E-state index is 0.134. The molecule has 2 unspecified atom stereocenters. The number of fused-ring (bicyclic) bond motifs is 3. The summed E-state index contributed by atoms with van der Waals surface area (Å²) in [5, 5.41) is 11.7. The number of piperidine rings is 1. The van der Waals surface area contributed by atoms with E-state index in [1.807, 2.05) is 25.2 Å². The fraction of sp³-hybridized carbons (Fsp3) is 0.481. The molecule has 2 aliphatic heterocycles. The van der Waals surface area contributed by atoms with E-state index in [1.54, 1.807) is 6.20 Å². The molecule has 1 aliphatic carbocycles. The number of nitrogens with zero attached hydrogens (tertiary/aromatic N) is 6. The van der Waals surface area contributed by atoms with Gasteiger partial charge in [-0.2, -0.15) is 5.10 Å². The fourth-order valence-electron chi connectivity index (χ4n) is 6.56. The Morgan fingerprint density at radius 1 is 1.08 bits per heavy atom. The van der Waals surface area contributed by atoms with Gasteiger partial charge in [-0.15, -0.1) is 5.10 Å². The molecule has 1 N–H and O–H groups in total. The van der Waals surface area contributed by atoms with Crippen LogP contribution in [0.25, 0.3) is 0 Å². The summed E-state index contributed by atoms with van der Waals surface area (Å²) >= 11 is 6.10. The van der Waals surface area contributed by atoms with Gasteiger partial charge < -0.3 is 15.1 Å². The van der Waals surface area contributed by atoms with Gasteiger partial charge in [-0.1, -0.05) is 25.4 Å². The second-order valence-electron chi connectivity index (χ2n) is 11.0. The van der Waals surface area contributed by atoms with Crippen molar-refractivity contribution in [2.75, 3.05) is 41.8 Å². The summed E-state index contributed by atoms with van der Waals surface area (Å²) in [6, 6.07) is 8.59. The zero-order valence-electron chi connectivity index (χ0n) is 20.9. The predicted octanol–water partition coefficient (Wildman–Crippen LogP) is 5.24. The highest BCUT2D eigenvalue weighted by molar-refractivity contribution is 6.29. The summed E-state index contributed by atoms with van der Waals surface area (Å²) in [4.78, 5) is 14.8. The molecule has 7 nitrogen and oxygen atoms in total. The van der Waals surface area contributed by atoms with E-state index in [1.165, 1.54) is 25.0 Å². The third-order valence-electron chi connectivity index (χ3n) is 8.22. The molecule has 2 fully saturated rings. The van der Waals surface area contributed by atoms with Crippen molar-refractivity contribution in [3.63, 3.8) is 0 Å². The van der Waals surface area contributed by atoms with Gasteiger partial charge in [0.05, 0.1) is 11.9 Å². The average Bonchev–Trinajstić information content (AvgIpc) is 3.25. The Hall–Kier alpha value is -3.00. The number of halogens is 2. The molecule has 3 aliphatic rings. The molecule has 2 aromatic heterocycles. The van der Waals surface area contributed by atoms with Crippen molar-refractivity contribution < 1.29 is 4.39 Å². The molecule has 1 aromatic carbocycles. The molecule has 1 saturated carbocycles. The van der Waals surface area contributed by atoms with E-state index in [9.17, 15) is 4.39 Å². The number of nitrogens with one attached hydrogen (secondary N) is 1. The molecule has 188 valence electrons. The molecule has 9 heteroatoms. The summed E-state index contributed by atoms with van der Waals surface area (Å²) in [6.07, 6.45) is 5.10. The monoisotopic (exact) mass is 507 g/mol. The second kappa shape index (κ2) is 8.83. The molecule has 2 atom stereocenters. The topological polar surface area (TPSA) is 70.1 Å². The summed E-state index contributed by atoms with van der Waals surface area (Å²) in [7, 11) is 1.93. The van der Waals surface area contributed by atoms with Crippen LogP contribution in [0.2, 0.25) is 5.15 Å². The maximum absolute atomic E-state index is 13.6. The molecule has 3 aromatic rings. The lowest BCUT2D eigenvalue weighted by Crippen LogP contribution is -2.43. The number of rotatable bonds is 5. The molecule has 36 heavy (non-hydrogen) atoms. The van der Waals surface area contributed by atoms with E-state index in [0.717, 1.165) is 60.5 Å². The Morgan fingerprint density at radius 3 is 2.47 bits per heavy atom. The largest absolute Gasteiger partial charge is 0.373 e. The molecule has 6 rings (SSSR count). The van der Waals surface area contributed by atoms with Gasteiger partial charge in [-0.25, -0.2) is 14.4 Å². The minimum Gasteiger partial charge on any atom is -0.373 e. The van der Waals surface area contributed by atoms with Gasteiger partial charge in [0.15, 0.2) is 5.15 Å². The molecular weight excluding hydrogens is 477 g/mol. The van der Waals surface area contributed by atoms with Crippen LogP contribution < -0.4 is 15.1 Å². The predicted molar refractivity (Wildman–Crippen MR) is 141 cm³/mol. The van der Waals surface area contributed by atoms with Gasteiger partial charge in [0, 0.05) is 55.8 Å². The smallest absolute Gasteiger partial charge is 0.153 e. The van der Waals surface area contributed by atoms with Crippen molar-refractivity contribution in [3.05, 3.63) is 58.9 Å². The highest BCUT2D eigenvalue weighted by Crippen LogP contribution is 2.48. The van der Waals surface area contributed by atoms with Crippen molar-refractivity contribution in [3.8, 4) is 0 Å². The Balaban J connectivity index is 1.29. The number of aromatic nitrogens is 4. The Morgan fingerprint density at radius 2 is 1.81 bits per heavy atom. The molecule has 0 amide bonds. The van der Waals surface area contributed by atoms with Crippen molar-refractivity contribution in [1.82, 2.24) is 20.2 Å². The maximum Gasteiger partial charge on any atom is 0.153 e. The van der Waals surface area contributed by atoms with Crippen LogP contribution in [0.15, 0.2) is 36.5 Å². The Kier molecular flexibility index (Phi) is 5.74. The lowest BCUT2D eigenvalue weighted by Gasteiger charge is -2.39. The lowest BCUT2D eigenvalue weighted by molar-refractivity contribution is 0.265. The zero-order chi connectivity index (χ0) is 25.0. The molecule has 0 spiro atoms. The molecular formula is C27H31ClFN7. The number of hydrogen-bond acceptors (Lipinski definition) is 7. The van der Waals surface area contributed by atoms with E-state index in [2.05, 4.69) is 39.2 Å². The summed E-state index contributed by atoms with van der Waals surface area (Å²) in [6.45, 7) is 7.18. The van der Waals surface area contributed by atoms with E-state index >= 15 is 0 Å². The van der Waals surface area contributed by atoms with Crippen LogP contribution in [0, 0.1) is 23.6 Å². The Bertz CT molecular complexity index is 1270. The van der Waals surface area contributed by atoms with Gasteiger partial charge in [0.1, 0.15) is 23.3 Å². The maximum atomic E-state index is 13.6. The van der Waals surface area contributed by atoms with Crippen LogP contribution in [0.1, 0.15) is 38.1 Å². The summed E-state index contributed by atoms with van der Waals surface area (Å²) in [5.74, 6) is 4.18. The molecule has 0 radical (unpaired) electrons. The fourth-order valence-corrected chi connectivity index (χ4v) is 6.72. The van der Waals surface area contributed by atoms with Crippen LogP contribution in [0.4, 0.5) is 27.4 Å². The normalized spacial score (nSPS) is 24.2. The van der Waals surface area contributed by atoms with Crippen LogP contribution in [-0.4, -0.2) is 46.8 Å². The van der Waals surface area contributed by atoms with Crippen LogP contribution in [0.5, 0.6) is 0 Å². The SMILES string of the molecule is CNc1nc(CC2C3CCC2CN(c2cnnc(Cl)c2)C3)nc2c1C(C)(C)CN2c1ccc(F)cc1. The van der Waals surface area contributed by atoms with Gasteiger partial charge in [0.2, 0.25) is 0 Å². The van der Waals surface area contributed by atoms with Gasteiger partial charge in [-0.3, -0.25) is 0 Å². The van der Waals surface area contributed by atoms with Crippen LogP contribution >= 0.6 is 11.6 Å².